The van der Waals surface area contributed by atoms with Crippen LogP contribution in [0.15, 0.2) is 18.2 Å². The third-order valence-electron chi connectivity index (χ3n) is 10.0. The summed E-state index contributed by atoms with van der Waals surface area (Å²) in [5.41, 5.74) is -1.74. The van der Waals surface area contributed by atoms with E-state index in [0.29, 0.717) is 62.7 Å². The first kappa shape index (κ1) is 30.1. The molecule has 1 N–H and O–H groups in total. The zero-order valence-corrected chi connectivity index (χ0v) is 23.8. The maximum absolute atomic E-state index is 16.6. The van der Waals surface area contributed by atoms with Crippen LogP contribution in [0.25, 0.3) is 0 Å². The molecule has 11 heteroatoms. The SMILES string of the molecule is COCC1C(c2ccc(C(F)(F)F)cc2N2CCC(C(=O)O)CC2)CCN1C(=O)[C@]1(F)CN(C2CCCC2)C[C@H]1C. The minimum atomic E-state index is -4.54. The standard InChI is InChI=1S/C30H41F4N3O4/c1-19-16-36(22-5-3-4-6-22)18-29(19,31)28(40)37-14-11-24(26(37)17-41-2)23-8-7-21(30(32,33)34)15-25(23)35-12-9-20(10-13-35)27(38)39/h7-8,15,19-20,22,24,26H,3-6,9-14,16-18H2,1-2H3,(H,38,39)/t19-,24?,26?,29+/m1/s1. The Hall–Kier alpha value is -2.40. The summed E-state index contributed by atoms with van der Waals surface area (Å²) in [5.74, 6) is -2.79. The average Bonchev–Trinajstić information content (AvgIpc) is 3.68. The fraction of sp³-hybridized carbons (Fsp3) is 0.733. The average molecular weight is 584 g/mol. The number of alkyl halides is 4. The number of hydrogen-bond donors (Lipinski definition) is 1. The van der Waals surface area contributed by atoms with Crippen molar-refractivity contribution in [3.8, 4) is 0 Å². The smallest absolute Gasteiger partial charge is 0.416 e. The summed E-state index contributed by atoms with van der Waals surface area (Å²) in [6.45, 7) is 3.46. The second kappa shape index (κ2) is 11.7. The summed E-state index contributed by atoms with van der Waals surface area (Å²) in [4.78, 5) is 30.9. The molecule has 2 unspecified atom stereocenters. The predicted octanol–water partition coefficient (Wildman–Crippen LogP) is 4.94. The second-order valence-electron chi connectivity index (χ2n) is 12.4. The Morgan fingerprint density at radius 2 is 1.76 bits per heavy atom. The molecule has 7 nitrogen and oxygen atoms in total. The largest absolute Gasteiger partial charge is 0.481 e. The summed E-state index contributed by atoms with van der Waals surface area (Å²) in [7, 11) is 1.51. The van der Waals surface area contributed by atoms with Crippen LogP contribution >= 0.6 is 0 Å². The second-order valence-corrected chi connectivity index (χ2v) is 12.4. The first-order chi connectivity index (χ1) is 19.4. The molecule has 3 aliphatic heterocycles. The third-order valence-corrected chi connectivity index (χ3v) is 10.0. The van der Waals surface area contributed by atoms with Crippen LogP contribution in [0.5, 0.6) is 0 Å². The number of aliphatic carboxylic acids is 1. The highest BCUT2D eigenvalue weighted by Gasteiger charge is 2.56. The molecule has 1 aromatic rings. The van der Waals surface area contributed by atoms with Gasteiger partial charge in [0.1, 0.15) is 0 Å². The Kier molecular flexibility index (Phi) is 8.58. The number of methoxy groups -OCH3 is 1. The molecular weight excluding hydrogens is 542 g/mol. The van der Waals surface area contributed by atoms with Gasteiger partial charge in [-0.05, 0) is 49.8 Å². The number of carboxylic acid groups (broad SMARTS) is 1. The van der Waals surface area contributed by atoms with Gasteiger partial charge < -0.3 is 19.6 Å². The van der Waals surface area contributed by atoms with Gasteiger partial charge >= 0.3 is 12.1 Å². The summed E-state index contributed by atoms with van der Waals surface area (Å²) in [6.07, 6.45) is 0.890. The van der Waals surface area contributed by atoms with Crippen LogP contribution in [-0.4, -0.2) is 91.0 Å². The number of nitrogens with zero attached hydrogens (tertiary/aromatic N) is 3. The number of carbonyl (C=O) groups is 2. The van der Waals surface area contributed by atoms with E-state index in [0.717, 1.165) is 37.8 Å². The number of amides is 1. The number of rotatable bonds is 7. The van der Waals surface area contributed by atoms with Crippen molar-refractivity contribution in [1.29, 1.82) is 0 Å². The molecular formula is C30H41F4N3O4. The van der Waals surface area contributed by atoms with Crippen molar-refractivity contribution in [2.45, 2.75) is 81.7 Å². The number of carboxylic acids is 1. The molecule has 5 rings (SSSR count). The van der Waals surface area contributed by atoms with E-state index in [1.165, 1.54) is 13.2 Å². The molecule has 228 valence electrons. The molecule has 0 radical (unpaired) electrons. The van der Waals surface area contributed by atoms with Gasteiger partial charge in [-0.1, -0.05) is 25.8 Å². The Morgan fingerprint density at radius 1 is 1.07 bits per heavy atom. The lowest BCUT2D eigenvalue weighted by molar-refractivity contribution is -0.147. The lowest BCUT2D eigenvalue weighted by atomic mass is 9.87. The maximum atomic E-state index is 16.6. The number of ether oxygens (including phenoxy) is 1. The van der Waals surface area contributed by atoms with E-state index in [1.54, 1.807) is 11.8 Å². The summed E-state index contributed by atoms with van der Waals surface area (Å²) in [5, 5.41) is 9.40. The van der Waals surface area contributed by atoms with Crippen LogP contribution in [0, 0.1) is 11.8 Å². The molecule has 4 aliphatic rings. The van der Waals surface area contributed by atoms with Crippen molar-refractivity contribution in [1.82, 2.24) is 9.80 Å². The zero-order chi connectivity index (χ0) is 29.5. The molecule has 0 spiro atoms. The van der Waals surface area contributed by atoms with Crippen molar-refractivity contribution in [3.63, 3.8) is 0 Å². The van der Waals surface area contributed by atoms with E-state index >= 15 is 4.39 Å². The highest BCUT2D eigenvalue weighted by Crippen LogP contribution is 2.45. The fourth-order valence-electron chi connectivity index (χ4n) is 7.60. The van der Waals surface area contributed by atoms with Crippen LogP contribution in [-0.2, 0) is 20.5 Å². The normalized spacial score (nSPS) is 30.4. The van der Waals surface area contributed by atoms with Crippen LogP contribution in [0.1, 0.15) is 68.9 Å². The van der Waals surface area contributed by atoms with Crippen LogP contribution in [0.3, 0.4) is 0 Å². The van der Waals surface area contributed by atoms with Gasteiger partial charge in [0.2, 0.25) is 5.67 Å². The quantitative estimate of drug-likeness (QED) is 0.459. The number of hydrogen-bond acceptors (Lipinski definition) is 5. The van der Waals surface area contributed by atoms with Crippen molar-refractivity contribution in [2.24, 2.45) is 11.8 Å². The van der Waals surface area contributed by atoms with Crippen molar-refractivity contribution in [3.05, 3.63) is 29.3 Å². The molecule has 3 saturated heterocycles. The van der Waals surface area contributed by atoms with Gasteiger partial charge in [-0.3, -0.25) is 14.5 Å². The first-order valence-electron chi connectivity index (χ1n) is 14.9. The number of halogens is 4. The van der Waals surface area contributed by atoms with Gasteiger partial charge in [-0.15, -0.1) is 0 Å². The summed E-state index contributed by atoms with van der Waals surface area (Å²) in [6, 6.07) is 3.46. The zero-order valence-electron chi connectivity index (χ0n) is 23.8. The number of piperidine rings is 1. The highest BCUT2D eigenvalue weighted by molar-refractivity contribution is 5.87. The van der Waals surface area contributed by atoms with E-state index in [4.69, 9.17) is 4.74 Å². The third kappa shape index (κ3) is 5.81. The highest BCUT2D eigenvalue weighted by atomic mass is 19.4. The van der Waals surface area contributed by atoms with Crippen molar-refractivity contribution in [2.75, 3.05) is 51.3 Å². The minimum absolute atomic E-state index is 0.0720. The Morgan fingerprint density at radius 3 is 2.37 bits per heavy atom. The number of anilines is 1. The summed E-state index contributed by atoms with van der Waals surface area (Å²) >= 11 is 0. The molecule has 1 saturated carbocycles. The van der Waals surface area contributed by atoms with E-state index in [-0.39, 0.29) is 19.1 Å². The lowest BCUT2D eigenvalue weighted by Gasteiger charge is -2.37. The van der Waals surface area contributed by atoms with Crippen LogP contribution < -0.4 is 4.90 Å². The van der Waals surface area contributed by atoms with Gasteiger partial charge in [-0.25, -0.2) is 4.39 Å². The topological polar surface area (TPSA) is 73.3 Å². The van der Waals surface area contributed by atoms with E-state index in [1.807, 2.05) is 4.90 Å². The molecule has 41 heavy (non-hydrogen) atoms. The lowest BCUT2D eigenvalue weighted by Crippen LogP contribution is -2.53. The molecule has 4 atom stereocenters. The van der Waals surface area contributed by atoms with Crippen LogP contribution in [0.2, 0.25) is 0 Å². The number of benzene rings is 1. The van der Waals surface area contributed by atoms with E-state index < -0.39 is 47.2 Å². The van der Waals surface area contributed by atoms with Gasteiger partial charge in [0.05, 0.1) is 24.1 Å². The fourth-order valence-corrected chi connectivity index (χ4v) is 7.60. The predicted molar refractivity (Wildman–Crippen MR) is 146 cm³/mol. The molecule has 3 heterocycles. The van der Waals surface area contributed by atoms with E-state index in [9.17, 15) is 27.9 Å². The Balaban J connectivity index is 1.42. The molecule has 4 fully saturated rings. The first-order valence-corrected chi connectivity index (χ1v) is 14.9. The number of carbonyl (C=O) groups excluding carboxylic acids is 1. The van der Waals surface area contributed by atoms with Crippen LogP contribution in [0.4, 0.5) is 23.2 Å². The molecule has 1 aromatic carbocycles. The Labute approximate surface area is 238 Å². The van der Waals surface area contributed by atoms with E-state index in [2.05, 4.69) is 4.90 Å². The van der Waals surface area contributed by atoms with Crippen molar-refractivity contribution < 1.29 is 37.0 Å². The minimum Gasteiger partial charge on any atom is -0.481 e. The Bertz CT molecular complexity index is 1120. The molecule has 0 aromatic heterocycles. The van der Waals surface area contributed by atoms with Gasteiger partial charge in [0.25, 0.3) is 5.91 Å². The number of likely N-dealkylation sites (tertiary alicyclic amines) is 2. The van der Waals surface area contributed by atoms with Crippen molar-refractivity contribution >= 4 is 17.6 Å². The van der Waals surface area contributed by atoms with Gasteiger partial charge in [0.15, 0.2) is 0 Å². The monoisotopic (exact) mass is 583 g/mol. The van der Waals surface area contributed by atoms with Gasteiger partial charge in [0, 0.05) is 63.4 Å². The molecule has 0 bridgehead atoms. The van der Waals surface area contributed by atoms with Gasteiger partial charge in [-0.2, -0.15) is 13.2 Å². The summed E-state index contributed by atoms with van der Waals surface area (Å²) < 4.78 is 63.4. The maximum Gasteiger partial charge on any atom is 0.416 e. The molecule has 1 aliphatic carbocycles. The molecule has 1 amide bonds.